The van der Waals surface area contributed by atoms with E-state index in [0.717, 1.165) is 53.7 Å². The van der Waals surface area contributed by atoms with Crippen LogP contribution in [0.2, 0.25) is 0 Å². The number of thiazole rings is 1. The molecule has 0 aliphatic heterocycles. The average Bonchev–Trinajstić information content (AvgIpc) is 3.12. The zero-order valence-corrected chi connectivity index (χ0v) is 15.6. The Bertz CT molecular complexity index is 687. The Kier molecular flexibility index (Phi) is 7.53. The second kappa shape index (κ2) is 9.88. The number of aromatic nitrogens is 1. The highest BCUT2D eigenvalue weighted by Gasteiger charge is 2.11. The molecule has 25 heavy (non-hydrogen) atoms. The van der Waals surface area contributed by atoms with E-state index in [9.17, 15) is 4.79 Å². The summed E-state index contributed by atoms with van der Waals surface area (Å²) in [6, 6.07) is 5.69. The minimum atomic E-state index is -0.147. The molecule has 7 heteroatoms. The zero-order valence-electron chi connectivity index (χ0n) is 14.8. The maximum atomic E-state index is 11.0. The van der Waals surface area contributed by atoms with Gasteiger partial charge in [0, 0.05) is 30.0 Å². The minimum Gasteiger partial charge on any atom is -0.497 e. The number of hydrogen-bond acceptors (Lipinski definition) is 7. The molecule has 2 aromatic rings. The number of carbonyl (C=O) groups is 1. The van der Waals surface area contributed by atoms with Crippen molar-refractivity contribution >= 4 is 22.4 Å². The van der Waals surface area contributed by atoms with Crippen molar-refractivity contribution in [2.75, 3.05) is 33.2 Å². The van der Waals surface area contributed by atoms with Crippen LogP contribution in [0, 0.1) is 0 Å². The fraction of sp³-hybridized carbons (Fsp3) is 0.444. The zero-order chi connectivity index (χ0) is 18.1. The van der Waals surface area contributed by atoms with Gasteiger partial charge in [0.15, 0.2) is 5.13 Å². The molecule has 1 heterocycles. The molecule has 1 aromatic carbocycles. The van der Waals surface area contributed by atoms with Crippen molar-refractivity contribution in [1.29, 1.82) is 0 Å². The van der Waals surface area contributed by atoms with E-state index in [1.807, 2.05) is 23.6 Å². The van der Waals surface area contributed by atoms with Gasteiger partial charge in [-0.25, -0.2) is 4.98 Å². The highest BCUT2D eigenvalue weighted by molar-refractivity contribution is 7.14. The van der Waals surface area contributed by atoms with Gasteiger partial charge in [-0.1, -0.05) is 6.42 Å². The molecular formula is C18H24N2O4S. The fourth-order valence-corrected chi connectivity index (χ4v) is 3.10. The normalized spacial score (nSPS) is 10.4. The van der Waals surface area contributed by atoms with Gasteiger partial charge in [0.25, 0.3) is 0 Å². The standard InChI is InChI=1S/C18H24N2O4S/c1-22-13-8-9-14(16(11-13)23-2)15-12-25-18(20-15)19-10-6-4-5-7-17(21)24-3/h8-9,11-12H,4-7,10H2,1-3H3,(H,19,20). The van der Waals surface area contributed by atoms with Crippen molar-refractivity contribution in [3.8, 4) is 22.8 Å². The van der Waals surface area contributed by atoms with Gasteiger partial charge in [-0.2, -0.15) is 0 Å². The van der Waals surface area contributed by atoms with E-state index in [4.69, 9.17) is 9.47 Å². The Morgan fingerprint density at radius 3 is 2.72 bits per heavy atom. The molecule has 0 bridgehead atoms. The number of nitrogens with zero attached hydrogens (tertiary/aromatic N) is 1. The van der Waals surface area contributed by atoms with E-state index in [-0.39, 0.29) is 5.97 Å². The number of anilines is 1. The van der Waals surface area contributed by atoms with Gasteiger partial charge < -0.3 is 19.5 Å². The summed E-state index contributed by atoms with van der Waals surface area (Å²) in [7, 11) is 4.68. The molecule has 0 aliphatic rings. The predicted octanol–water partition coefficient (Wildman–Crippen LogP) is 3.97. The summed E-state index contributed by atoms with van der Waals surface area (Å²) >= 11 is 1.56. The van der Waals surface area contributed by atoms with Crippen molar-refractivity contribution in [2.24, 2.45) is 0 Å². The maximum absolute atomic E-state index is 11.0. The van der Waals surface area contributed by atoms with Crippen LogP contribution < -0.4 is 14.8 Å². The molecule has 0 radical (unpaired) electrons. The van der Waals surface area contributed by atoms with Gasteiger partial charge in [0.1, 0.15) is 11.5 Å². The molecule has 0 unspecified atom stereocenters. The Morgan fingerprint density at radius 2 is 2.00 bits per heavy atom. The summed E-state index contributed by atoms with van der Waals surface area (Å²) in [5.41, 5.74) is 1.81. The maximum Gasteiger partial charge on any atom is 0.305 e. The fourth-order valence-electron chi connectivity index (χ4n) is 2.36. The van der Waals surface area contributed by atoms with Gasteiger partial charge in [-0.15, -0.1) is 11.3 Å². The number of ether oxygens (including phenoxy) is 3. The predicted molar refractivity (Wildman–Crippen MR) is 99.6 cm³/mol. The van der Waals surface area contributed by atoms with Crippen molar-refractivity contribution in [3.63, 3.8) is 0 Å². The molecule has 0 saturated carbocycles. The summed E-state index contributed by atoms with van der Waals surface area (Å²) in [4.78, 5) is 15.6. The first kappa shape index (κ1) is 19.1. The largest absolute Gasteiger partial charge is 0.497 e. The molecule has 0 amide bonds. The Labute approximate surface area is 152 Å². The Balaban J connectivity index is 1.85. The van der Waals surface area contributed by atoms with Crippen LogP contribution in [0.5, 0.6) is 11.5 Å². The molecule has 6 nitrogen and oxygen atoms in total. The topological polar surface area (TPSA) is 69.7 Å². The van der Waals surface area contributed by atoms with Crippen LogP contribution in [0.4, 0.5) is 5.13 Å². The van der Waals surface area contributed by atoms with Crippen LogP contribution in [0.15, 0.2) is 23.6 Å². The van der Waals surface area contributed by atoms with Crippen molar-refractivity contribution < 1.29 is 19.0 Å². The number of nitrogens with one attached hydrogen (secondary N) is 1. The minimum absolute atomic E-state index is 0.147. The highest BCUT2D eigenvalue weighted by Crippen LogP contribution is 2.34. The summed E-state index contributed by atoms with van der Waals surface area (Å²) in [6.07, 6.45) is 3.29. The van der Waals surface area contributed by atoms with Crippen LogP contribution in [0.25, 0.3) is 11.3 Å². The van der Waals surface area contributed by atoms with E-state index < -0.39 is 0 Å². The van der Waals surface area contributed by atoms with Crippen LogP contribution in [0.3, 0.4) is 0 Å². The average molecular weight is 364 g/mol. The first-order valence-electron chi connectivity index (χ1n) is 8.16. The molecule has 0 fully saturated rings. The molecule has 0 saturated heterocycles. The SMILES string of the molecule is COC(=O)CCCCCNc1nc(-c2ccc(OC)cc2OC)cs1. The molecule has 136 valence electrons. The number of carbonyl (C=O) groups excluding carboxylic acids is 1. The summed E-state index contributed by atoms with van der Waals surface area (Å²) in [6.45, 7) is 0.827. The first-order chi connectivity index (χ1) is 12.2. The van der Waals surface area contributed by atoms with Crippen molar-refractivity contribution in [2.45, 2.75) is 25.7 Å². The third-order valence-electron chi connectivity index (χ3n) is 3.75. The molecular weight excluding hydrogens is 340 g/mol. The van der Waals surface area contributed by atoms with Gasteiger partial charge in [0.2, 0.25) is 0 Å². The molecule has 0 atom stereocenters. The lowest BCUT2D eigenvalue weighted by molar-refractivity contribution is -0.140. The van der Waals surface area contributed by atoms with Crippen LogP contribution >= 0.6 is 11.3 Å². The third kappa shape index (κ3) is 5.63. The van der Waals surface area contributed by atoms with Crippen LogP contribution in [0.1, 0.15) is 25.7 Å². The number of benzene rings is 1. The molecule has 1 aromatic heterocycles. The summed E-state index contributed by atoms with van der Waals surface area (Å²) in [5, 5.41) is 6.20. The lowest BCUT2D eigenvalue weighted by Crippen LogP contribution is -2.03. The van der Waals surface area contributed by atoms with E-state index in [1.54, 1.807) is 25.6 Å². The number of unbranched alkanes of at least 4 members (excludes halogenated alkanes) is 2. The Morgan fingerprint density at radius 1 is 1.16 bits per heavy atom. The van der Waals surface area contributed by atoms with E-state index in [2.05, 4.69) is 15.0 Å². The van der Waals surface area contributed by atoms with Gasteiger partial charge in [-0.3, -0.25) is 4.79 Å². The van der Waals surface area contributed by atoms with Crippen LogP contribution in [-0.2, 0) is 9.53 Å². The third-order valence-corrected chi connectivity index (χ3v) is 4.55. The Hall–Kier alpha value is -2.28. The molecule has 0 aliphatic carbocycles. The van der Waals surface area contributed by atoms with Crippen molar-refractivity contribution in [3.05, 3.63) is 23.6 Å². The monoisotopic (exact) mass is 364 g/mol. The van der Waals surface area contributed by atoms with Crippen molar-refractivity contribution in [1.82, 2.24) is 4.98 Å². The van der Waals surface area contributed by atoms with E-state index >= 15 is 0 Å². The van der Waals surface area contributed by atoms with E-state index in [0.29, 0.717) is 6.42 Å². The highest BCUT2D eigenvalue weighted by atomic mass is 32.1. The molecule has 1 N–H and O–H groups in total. The first-order valence-corrected chi connectivity index (χ1v) is 9.04. The quantitative estimate of drug-likeness (QED) is 0.508. The number of esters is 1. The number of hydrogen-bond donors (Lipinski definition) is 1. The summed E-state index contributed by atoms with van der Waals surface area (Å²) in [5.74, 6) is 1.34. The lowest BCUT2D eigenvalue weighted by atomic mass is 10.1. The van der Waals surface area contributed by atoms with Gasteiger partial charge >= 0.3 is 5.97 Å². The molecule has 2 rings (SSSR count). The lowest BCUT2D eigenvalue weighted by Gasteiger charge is -2.08. The van der Waals surface area contributed by atoms with E-state index in [1.165, 1.54) is 7.11 Å². The number of rotatable bonds is 10. The number of methoxy groups -OCH3 is 3. The second-order valence-corrected chi connectivity index (χ2v) is 6.28. The van der Waals surface area contributed by atoms with Crippen LogP contribution in [-0.4, -0.2) is 38.8 Å². The molecule has 0 spiro atoms. The second-order valence-electron chi connectivity index (χ2n) is 5.42. The van der Waals surface area contributed by atoms with Gasteiger partial charge in [-0.05, 0) is 25.0 Å². The smallest absolute Gasteiger partial charge is 0.305 e. The summed E-state index contributed by atoms with van der Waals surface area (Å²) < 4.78 is 15.3. The van der Waals surface area contributed by atoms with Gasteiger partial charge in [0.05, 0.1) is 27.0 Å².